The highest BCUT2D eigenvalue weighted by Crippen LogP contribution is 1.93. The van der Waals surface area contributed by atoms with Crippen molar-refractivity contribution < 1.29 is 19.1 Å². The van der Waals surface area contributed by atoms with Crippen LogP contribution < -0.4 is 11.1 Å². The van der Waals surface area contributed by atoms with Gasteiger partial charge in [-0.25, -0.2) is 4.79 Å². The first kappa shape index (κ1) is 14.9. The molecule has 0 aromatic carbocycles. The lowest BCUT2D eigenvalue weighted by molar-refractivity contribution is -0.148. The highest BCUT2D eigenvalue weighted by Gasteiger charge is 2.24. The number of methoxy groups -OCH3 is 1. The number of hydrogen-bond donors (Lipinski definition) is 2. The van der Waals surface area contributed by atoms with Crippen LogP contribution >= 0.6 is 0 Å². The summed E-state index contributed by atoms with van der Waals surface area (Å²) >= 11 is 0. The molecule has 6 heteroatoms. The molecule has 0 saturated carbocycles. The Bertz CT molecular complexity index is 233. The van der Waals surface area contributed by atoms with Crippen LogP contribution in [0, 0.1) is 0 Å². The molecule has 0 fully saturated rings. The first-order valence-corrected chi connectivity index (χ1v) is 5.24. The topological polar surface area (TPSA) is 90.7 Å². The number of hydrogen-bond acceptors (Lipinski definition) is 5. The van der Waals surface area contributed by atoms with Gasteiger partial charge in [0.2, 0.25) is 5.91 Å². The van der Waals surface area contributed by atoms with Crippen molar-refractivity contribution in [1.82, 2.24) is 5.32 Å². The molecule has 2 atom stereocenters. The van der Waals surface area contributed by atoms with Crippen molar-refractivity contribution in [2.45, 2.75) is 32.4 Å². The van der Waals surface area contributed by atoms with Crippen LogP contribution in [-0.4, -0.2) is 44.3 Å². The van der Waals surface area contributed by atoms with Gasteiger partial charge in [0, 0.05) is 19.8 Å². The van der Waals surface area contributed by atoms with E-state index in [2.05, 4.69) is 10.1 Å². The zero-order valence-electron chi connectivity index (χ0n) is 9.99. The van der Waals surface area contributed by atoms with E-state index in [-0.39, 0.29) is 12.6 Å². The molecule has 6 nitrogen and oxygen atoms in total. The zero-order chi connectivity index (χ0) is 12.6. The molecule has 0 aliphatic rings. The van der Waals surface area contributed by atoms with Gasteiger partial charge in [0.25, 0.3) is 0 Å². The zero-order valence-corrected chi connectivity index (χ0v) is 9.99. The van der Waals surface area contributed by atoms with Crippen LogP contribution in [0.25, 0.3) is 0 Å². The number of ether oxygens (including phenoxy) is 2. The molecule has 0 aliphatic carbocycles. The first-order valence-electron chi connectivity index (χ1n) is 5.24. The van der Waals surface area contributed by atoms with Crippen molar-refractivity contribution in [3.05, 3.63) is 0 Å². The van der Waals surface area contributed by atoms with Crippen LogP contribution in [-0.2, 0) is 19.1 Å². The Morgan fingerprint density at radius 1 is 1.44 bits per heavy atom. The third-order valence-electron chi connectivity index (χ3n) is 1.97. The van der Waals surface area contributed by atoms with Crippen molar-refractivity contribution in [1.29, 1.82) is 0 Å². The number of amides is 1. The fourth-order valence-electron chi connectivity index (χ4n) is 1.04. The lowest BCUT2D eigenvalue weighted by Crippen LogP contribution is -2.49. The standard InChI is InChI=1S/C10H20N2O4/c1-4-16-10(14)8(11)9(13)12-7(2)5-6-15-3/h7-8H,4-6,11H2,1-3H3,(H,12,13). The van der Waals surface area contributed by atoms with E-state index in [0.29, 0.717) is 13.0 Å². The summed E-state index contributed by atoms with van der Waals surface area (Å²) in [4.78, 5) is 22.6. The predicted molar refractivity (Wildman–Crippen MR) is 58.7 cm³/mol. The van der Waals surface area contributed by atoms with Crippen molar-refractivity contribution in [3.8, 4) is 0 Å². The maximum absolute atomic E-state index is 11.5. The number of esters is 1. The lowest BCUT2D eigenvalue weighted by atomic mass is 10.2. The van der Waals surface area contributed by atoms with Crippen LogP contribution in [0.2, 0.25) is 0 Å². The van der Waals surface area contributed by atoms with E-state index >= 15 is 0 Å². The second kappa shape index (κ2) is 8.06. The van der Waals surface area contributed by atoms with E-state index in [9.17, 15) is 9.59 Å². The van der Waals surface area contributed by atoms with Crippen LogP contribution in [0.4, 0.5) is 0 Å². The molecular formula is C10H20N2O4. The van der Waals surface area contributed by atoms with Gasteiger partial charge in [-0.15, -0.1) is 0 Å². The molecule has 0 spiro atoms. The minimum atomic E-state index is -1.26. The molecule has 0 aromatic rings. The summed E-state index contributed by atoms with van der Waals surface area (Å²) in [6, 6.07) is -1.35. The van der Waals surface area contributed by atoms with E-state index < -0.39 is 17.9 Å². The van der Waals surface area contributed by atoms with Gasteiger partial charge in [0.15, 0.2) is 6.04 Å². The van der Waals surface area contributed by atoms with Gasteiger partial charge in [-0.3, -0.25) is 4.79 Å². The van der Waals surface area contributed by atoms with E-state index in [0.717, 1.165) is 0 Å². The predicted octanol–water partition coefficient (Wildman–Crippen LogP) is -0.582. The number of nitrogens with one attached hydrogen (secondary N) is 1. The normalized spacial score (nSPS) is 14.0. The second-order valence-electron chi connectivity index (χ2n) is 3.42. The summed E-state index contributed by atoms with van der Waals surface area (Å²) in [5.74, 6) is -1.24. The summed E-state index contributed by atoms with van der Waals surface area (Å²) in [6.45, 7) is 4.22. The Labute approximate surface area is 95.5 Å². The Morgan fingerprint density at radius 3 is 2.56 bits per heavy atom. The van der Waals surface area contributed by atoms with Crippen molar-refractivity contribution in [3.63, 3.8) is 0 Å². The molecule has 0 saturated heterocycles. The highest BCUT2D eigenvalue weighted by atomic mass is 16.5. The summed E-state index contributed by atoms with van der Waals surface area (Å²) in [6.07, 6.45) is 0.664. The van der Waals surface area contributed by atoms with Crippen LogP contribution in [0.15, 0.2) is 0 Å². The smallest absolute Gasteiger partial charge is 0.332 e. The van der Waals surface area contributed by atoms with Crippen LogP contribution in [0.5, 0.6) is 0 Å². The molecule has 0 aliphatic heterocycles. The van der Waals surface area contributed by atoms with E-state index in [1.54, 1.807) is 14.0 Å². The third kappa shape index (κ3) is 5.67. The molecule has 94 valence electrons. The number of carbonyl (C=O) groups excluding carboxylic acids is 2. The Morgan fingerprint density at radius 2 is 2.06 bits per heavy atom. The van der Waals surface area contributed by atoms with Crippen LogP contribution in [0.1, 0.15) is 20.3 Å². The fraction of sp³-hybridized carbons (Fsp3) is 0.800. The third-order valence-corrected chi connectivity index (χ3v) is 1.97. The van der Waals surface area contributed by atoms with E-state index in [1.807, 2.05) is 6.92 Å². The van der Waals surface area contributed by atoms with Crippen molar-refractivity contribution >= 4 is 11.9 Å². The maximum Gasteiger partial charge on any atom is 0.332 e. The van der Waals surface area contributed by atoms with Gasteiger partial charge >= 0.3 is 5.97 Å². The van der Waals surface area contributed by atoms with E-state index in [4.69, 9.17) is 10.5 Å². The van der Waals surface area contributed by atoms with E-state index in [1.165, 1.54) is 0 Å². The molecule has 0 rings (SSSR count). The van der Waals surface area contributed by atoms with Gasteiger partial charge in [0.05, 0.1) is 6.61 Å². The minimum absolute atomic E-state index is 0.0899. The minimum Gasteiger partial charge on any atom is -0.464 e. The fourth-order valence-corrected chi connectivity index (χ4v) is 1.04. The lowest BCUT2D eigenvalue weighted by Gasteiger charge is -2.16. The highest BCUT2D eigenvalue weighted by molar-refractivity contribution is 6.01. The van der Waals surface area contributed by atoms with Gasteiger partial charge in [0.1, 0.15) is 0 Å². The number of carbonyl (C=O) groups is 2. The summed E-state index contributed by atoms with van der Waals surface area (Å²) in [7, 11) is 1.58. The number of rotatable bonds is 7. The summed E-state index contributed by atoms with van der Waals surface area (Å²) in [5, 5.41) is 2.61. The molecule has 2 unspecified atom stereocenters. The average molecular weight is 232 g/mol. The van der Waals surface area contributed by atoms with Crippen LogP contribution in [0.3, 0.4) is 0 Å². The molecular weight excluding hydrogens is 212 g/mol. The molecule has 16 heavy (non-hydrogen) atoms. The molecule has 1 amide bonds. The number of nitrogens with two attached hydrogens (primary N) is 1. The summed E-state index contributed by atoms with van der Waals surface area (Å²) < 4.78 is 9.50. The van der Waals surface area contributed by atoms with Gasteiger partial charge in [-0.2, -0.15) is 0 Å². The van der Waals surface area contributed by atoms with Gasteiger partial charge in [-0.1, -0.05) is 0 Å². The first-order chi connectivity index (χ1) is 7.52. The molecule has 3 N–H and O–H groups in total. The van der Waals surface area contributed by atoms with Crippen molar-refractivity contribution in [2.75, 3.05) is 20.3 Å². The summed E-state index contributed by atoms with van der Waals surface area (Å²) in [5.41, 5.74) is 5.41. The van der Waals surface area contributed by atoms with Crippen molar-refractivity contribution in [2.24, 2.45) is 5.73 Å². The molecule has 0 heterocycles. The largest absolute Gasteiger partial charge is 0.464 e. The Balaban J connectivity index is 3.99. The second-order valence-corrected chi connectivity index (χ2v) is 3.42. The average Bonchev–Trinajstić information content (AvgIpc) is 2.25. The maximum atomic E-state index is 11.5. The quantitative estimate of drug-likeness (QED) is 0.452. The SMILES string of the molecule is CCOC(=O)C(N)C(=O)NC(C)CCOC. The Kier molecular flexibility index (Phi) is 7.49. The Hall–Kier alpha value is -1.14. The monoisotopic (exact) mass is 232 g/mol. The molecule has 0 bridgehead atoms. The molecule has 0 aromatic heterocycles. The van der Waals surface area contributed by atoms with Gasteiger partial charge < -0.3 is 20.5 Å². The van der Waals surface area contributed by atoms with Gasteiger partial charge in [-0.05, 0) is 20.3 Å². The molecule has 0 radical (unpaired) electrons.